The molecule has 17 heavy (non-hydrogen) atoms. The van der Waals surface area contributed by atoms with Gasteiger partial charge in [-0.1, -0.05) is 23.9 Å². The van der Waals surface area contributed by atoms with Crippen LogP contribution < -0.4 is 0 Å². The second-order valence-corrected chi connectivity index (χ2v) is 4.44. The lowest BCUT2D eigenvalue weighted by Crippen LogP contribution is -2.29. The lowest BCUT2D eigenvalue weighted by molar-refractivity contribution is -0.123. The van der Waals surface area contributed by atoms with E-state index in [1.54, 1.807) is 35.2 Å². The molecule has 0 radical (unpaired) electrons. The molecule has 1 aliphatic rings. The molecule has 88 valence electrons. The molecule has 0 unspecified atom stereocenters. The zero-order chi connectivity index (χ0) is 12.3. The van der Waals surface area contributed by atoms with Gasteiger partial charge in [0.2, 0.25) is 5.91 Å². The number of nitrogens with zero attached hydrogens (tertiary/aromatic N) is 2. The van der Waals surface area contributed by atoms with Gasteiger partial charge in [0, 0.05) is 12.6 Å². The number of hydrogen-bond acceptors (Lipinski definition) is 4. The second kappa shape index (κ2) is 5.05. The summed E-state index contributed by atoms with van der Waals surface area (Å²) in [4.78, 5) is 17.5. The smallest absolute Gasteiger partial charge is 0.239 e. The number of thioether (sulfide) groups is 1. The third kappa shape index (κ3) is 2.68. The van der Waals surface area contributed by atoms with E-state index in [0.717, 1.165) is 0 Å². The number of phenols is 1. The minimum Gasteiger partial charge on any atom is -0.508 e. The van der Waals surface area contributed by atoms with Crippen LogP contribution in [0, 0.1) is 0 Å². The molecule has 0 spiro atoms. The molecule has 1 fully saturated rings. The van der Waals surface area contributed by atoms with Crippen molar-refractivity contribution in [2.75, 3.05) is 12.3 Å². The van der Waals surface area contributed by atoms with Gasteiger partial charge in [-0.15, -0.1) is 6.58 Å². The van der Waals surface area contributed by atoms with Gasteiger partial charge in [-0.3, -0.25) is 9.69 Å². The summed E-state index contributed by atoms with van der Waals surface area (Å²) < 4.78 is 0. The third-order valence-corrected chi connectivity index (χ3v) is 3.18. The molecule has 0 aromatic heterocycles. The number of rotatable bonds is 3. The Bertz CT molecular complexity index is 485. The predicted octanol–water partition coefficient (Wildman–Crippen LogP) is 2.14. The summed E-state index contributed by atoms with van der Waals surface area (Å²) in [6.45, 7) is 4.08. The van der Waals surface area contributed by atoms with Crippen molar-refractivity contribution in [2.24, 2.45) is 4.99 Å². The average molecular weight is 248 g/mol. The molecule has 1 aromatic rings. The van der Waals surface area contributed by atoms with Crippen LogP contribution in [-0.2, 0) is 4.79 Å². The normalized spacial score (nSPS) is 17.8. The van der Waals surface area contributed by atoms with Crippen LogP contribution in [-0.4, -0.2) is 33.4 Å². The van der Waals surface area contributed by atoms with Gasteiger partial charge in [-0.2, -0.15) is 0 Å². The zero-order valence-electron chi connectivity index (χ0n) is 9.17. The van der Waals surface area contributed by atoms with E-state index >= 15 is 0 Å². The molecule has 0 atom stereocenters. The highest BCUT2D eigenvalue weighted by atomic mass is 32.2. The van der Waals surface area contributed by atoms with Gasteiger partial charge in [0.05, 0.1) is 11.4 Å². The molecule has 1 saturated heterocycles. The van der Waals surface area contributed by atoms with Crippen LogP contribution in [0.4, 0.5) is 5.69 Å². The quantitative estimate of drug-likeness (QED) is 0.834. The van der Waals surface area contributed by atoms with Crippen LogP contribution in [0.1, 0.15) is 0 Å². The molecule has 5 heteroatoms. The molecular formula is C12H12N2O2S. The second-order valence-electron chi connectivity index (χ2n) is 3.50. The van der Waals surface area contributed by atoms with Crippen molar-refractivity contribution in [1.29, 1.82) is 0 Å². The Hall–Kier alpha value is -1.75. The number of benzene rings is 1. The average Bonchev–Trinajstić information content (AvgIpc) is 2.62. The fraction of sp³-hybridized carbons (Fsp3) is 0.167. The van der Waals surface area contributed by atoms with E-state index in [0.29, 0.717) is 23.2 Å². The largest absolute Gasteiger partial charge is 0.508 e. The third-order valence-electron chi connectivity index (χ3n) is 2.22. The van der Waals surface area contributed by atoms with Gasteiger partial charge >= 0.3 is 0 Å². The standard InChI is InChI=1S/C12H12N2O2S/c1-2-6-14-11(16)8-17-12(14)13-9-4-3-5-10(15)7-9/h2-5,7,15H,1,6,8H2. The lowest BCUT2D eigenvalue weighted by Gasteiger charge is -2.12. The molecular weight excluding hydrogens is 236 g/mol. The highest BCUT2D eigenvalue weighted by molar-refractivity contribution is 8.15. The molecule has 0 saturated carbocycles. The maximum absolute atomic E-state index is 11.6. The molecule has 0 bridgehead atoms. The Morgan fingerprint density at radius 1 is 1.59 bits per heavy atom. The van der Waals surface area contributed by atoms with E-state index in [4.69, 9.17) is 0 Å². The number of carbonyl (C=O) groups is 1. The molecule has 1 N–H and O–H groups in total. The topological polar surface area (TPSA) is 52.9 Å². The summed E-state index contributed by atoms with van der Waals surface area (Å²) in [7, 11) is 0. The summed E-state index contributed by atoms with van der Waals surface area (Å²) >= 11 is 1.40. The summed E-state index contributed by atoms with van der Waals surface area (Å²) in [5.41, 5.74) is 0.635. The maximum Gasteiger partial charge on any atom is 0.239 e. The Labute approximate surface area is 104 Å². The summed E-state index contributed by atoms with van der Waals surface area (Å²) in [6, 6.07) is 6.64. The van der Waals surface area contributed by atoms with Crippen molar-refractivity contribution >= 4 is 28.5 Å². The van der Waals surface area contributed by atoms with Crippen LogP contribution >= 0.6 is 11.8 Å². The number of amides is 1. The Morgan fingerprint density at radius 3 is 3.12 bits per heavy atom. The van der Waals surface area contributed by atoms with Crippen molar-refractivity contribution in [1.82, 2.24) is 4.90 Å². The first-order valence-electron chi connectivity index (χ1n) is 5.12. The van der Waals surface area contributed by atoms with E-state index in [-0.39, 0.29) is 11.7 Å². The molecule has 1 heterocycles. The van der Waals surface area contributed by atoms with Crippen molar-refractivity contribution in [3.63, 3.8) is 0 Å². The fourth-order valence-corrected chi connectivity index (χ4v) is 2.37. The van der Waals surface area contributed by atoms with E-state index in [9.17, 15) is 9.90 Å². The van der Waals surface area contributed by atoms with Crippen molar-refractivity contribution in [2.45, 2.75) is 0 Å². The molecule has 0 aliphatic carbocycles. The van der Waals surface area contributed by atoms with Crippen molar-refractivity contribution in [3.8, 4) is 5.75 Å². The van der Waals surface area contributed by atoms with Gasteiger partial charge < -0.3 is 5.11 Å². The van der Waals surface area contributed by atoms with Gasteiger partial charge in [-0.25, -0.2) is 4.99 Å². The SMILES string of the molecule is C=CCN1C(=O)CSC1=Nc1cccc(O)c1. The predicted molar refractivity (Wildman–Crippen MR) is 69.6 cm³/mol. The first kappa shape index (κ1) is 11.7. The molecule has 1 amide bonds. The Kier molecular flexibility index (Phi) is 3.49. The highest BCUT2D eigenvalue weighted by Gasteiger charge is 2.26. The lowest BCUT2D eigenvalue weighted by atomic mass is 10.3. The van der Waals surface area contributed by atoms with E-state index in [1.165, 1.54) is 11.8 Å². The van der Waals surface area contributed by atoms with E-state index in [1.807, 2.05) is 0 Å². The summed E-state index contributed by atoms with van der Waals surface area (Å²) in [6.07, 6.45) is 1.67. The van der Waals surface area contributed by atoms with Crippen LogP contribution in [0.15, 0.2) is 41.9 Å². The monoisotopic (exact) mass is 248 g/mol. The first-order chi connectivity index (χ1) is 8.20. The molecule has 1 aromatic carbocycles. The van der Waals surface area contributed by atoms with Crippen molar-refractivity contribution < 1.29 is 9.90 Å². The number of carbonyl (C=O) groups excluding carboxylic acids is 1. The Balaban J connectivity index is 2.26. The van der Waals surface area contributed by atoms with Gasteiger partial charge in [0.1, 0.15) is 5.75 Å². The van der Waals surface area contributed by atoms with Gasteiger partial charge in [-0.05, 0) is 12.1 Å². The number of amidine groups is 1. The summed E-state index contributed by atoms with van der Waals surface area (Å²) in [5.74, 6) is 0.608. The van der Waals surface area contributed by atoms with Gasteiger partial charge in [0.15, 0.2) is 5.17 Å². The number of aromatic hydroxyl groups is 1. The van der Waals surface area contributed by atoms with Crippen LogP contribution in [0.3, 0.4) is 0 Å². The van der Waals surface area contributed by atoms with Crippen LogP contribution in [0.25, 0.3) is 0 Å². The van der Waals surface area contributed by atoms with E-state index < -0.39 is 0 Å². The number of hydrogen-bond donors (Lipinski definition) is 1. The molecule has 2 rings (SSSR count). The first-order valence-corrected chi connectivity index (χ1v) is 6.11. The molecule has 4 nitrogen and oxygen atoms in total. The molecule has 1 aliphatic heterocycles. The maximum atomic E-state index is 11.6. The minimum absolute atomic E-state index is 0.0359. The van der Waals surface area contributed by atoms with E-state index in [2.05, 4.69) is 11.6 Å². The summed E-state index contributed by atoms with van der Waals surface area (Å²) in [5, 5.41) is 9.99. The van der Waals surface area contributed by atoms with Gasteiger partial charge in [0.25, 0.3) is 0 Å². The van der Waals surface area contributed by atoms with Crippen LogP contribution in [0.5, 0.6) is 5.75 Å². The zero-order valence-corrected chi connectivity index (χ0v) is 9.98. The highest BCUT2D eigenvalue weighted by Crippen LogP contribution is 2.25. The minimum atomic E-state index is 0.0359. The number of aliphatic imine (C=N–C) groups is 1. The van der Waals surface area contributed by atoms with Crippen molar-refractivity contribution in [3.05, 3.63) is 36.9 Å². The fourth-order valence-electron chi connectivity index (χ4n) is 1.46. The number of phenolic OH excluding ortho intramolecular Hbond substituents is 1. The Morgan fingerprint density at radius 2 is 2.41 bits per heavy atom. The van der Waals surface area contributed by atoms with Crippen LogP contribution in [0.2, 0.25) is 0 Å².